The molecule has 2 aliphatic carbocycles. The van der Waals surface area contributed by atoms with E-state index < -0.39 is 0 Å². The zero-order valence-electron chi connectivity index (χ0n) is 19.2. The van der Waals surface area contributed by atoms with Crippen LogP contribution in [0.25, 0.3) is 0 Å². The summed E-state index contributed by atoms with van der Waals surface area (Å²) < 4.78 is 0. The van der Waals surface area contributed by atoms with E-state index in [4.69, 9.17) is 0 Å². The lowest BCUT2D eigenvalue weighted by molar-refractivity contribution is 0.227. The molecule has 1 aromatic carbocycles. The van der Waals surface area contributed by atoms with Gasteiger partial charge in [-0.3, -0.25) is 0 Å². The van der Waals surface area contributed by atoms with E-state index in [1.165, 1.54) is 76.2 Å². The van der Waals surface area contributed by atoms with E-state index in [1.54, 1.807) is 18.6 Å². The summed E-state index contributed by atoms with van der Waals surface area (Å²) in [6.45, 7) is 9.44. The molecule has 0 amide bonds. The van der Waals surface area contributed by atoms with Gasteiger partial charge < -0.3 is 5.11 Å². The highest BCUT2D eigenvalue weighted by molar-refractivity contribution is 5.25. The second-order valence-corrected chi connectivity index (χ2v) is 10.5. The average Bonchev–Trinajstić information content (AvgIpc) is 3.26. The van der Waals surface area contributed by atoms with Crippen molar-refractivity contribution >= 4 is 0 Å². The van der Waals surface area contributed by atoms with Crippen molar-refractivity contribution < 1.29 is 5.11 Å². The number of hydrogen-bond donors (Lipinski definition) is 1. The van der Waals surface area contributed by atoms with E-state index in [0.29, 0.717) is 11.2 Å². The standard InChI is InChI=1S/C17H28O.C10H18/c1-2-3-4-5-6-7-8-9-10-11-16-12-14-17(18)15-13-16;1-10(2,3)9-5-7-4-8(7)6-9/h12-15,18H,2-11H2,1H3;7-9H,4-6H2,1-3H3. The number of rotatable bonds is 10. The Morgan fingerprint density at radius 3 is 1.71 bits per heavy atom. The molecule has 2 aliphatic rings. The van der Waals surface area contributed by atoms with Crippen LogP contribution in [0.4, 0.5) is 0 Å². The maximum absolute atomic E-state index is 9.19. The van der Waals surface area contributed by atoms with Crippen LogP contribution in [0, 0.1) is 23.2 Å². The van der Waals surface area contributed by atoms with Crippen LogP contribution in [0.1, 0.15) is 110 Å². The maximum atomic E-state index is 9.19. The van der Waals surface area contributed by atoms with Crippen molar-refractivity contribution in [3.8, 4) is 5.75 Å². The first-order valence-corrected chi connectivity index (χ1v) is 12.2. The first-order valence-electron chi connectivity index (χ1n) is 12.2. The van der Waals surface area contributed by atoms with Crippen LogP contribution in [0.15, 0.2) is 24.3 Å². The summed E-state index contributed by atoms with van der Waals surface area (Å²) in [5, 5.41) is 9.19. The molecule has 3 rings (SSSR count). The molecule has 1 aromatic rings. The third-order valence-corrected chi connectivity index (χ3v) is 6.97. The molecule has 2 saturated carbocycles. The summed E-state index contributed by atoms with van der Waals surface area (Å²) in [6.07, 6.45) is 18.2. The van der Waals surface area contributed by atoms with E-state index >= 15 is 0 Å². The summed E-state index contributed by atoms with van der Waals surface area (Å²) in [5.41, 5.74) is 1.93. The fourth-order valence-electron chi connectivity index (χ4n) is 4.72. The Morgan fingerprint density at radius 1 is 0.750 bits per heavy atom. The van der Waals surface area contributed by atoms with E-state index in [1.807, 2.05) is 12.1 Å². The third kappa shape index (κ3) is 9.01. The molecule has 0 aliphatic heterocycles. The lowest BCUT2D eigenvalue weighted by Gasteiger charge is -2.27. The van der Waals surface area contributed by atoms with Crippen molar-refractivity contribution in [2.24, 2.45) is 23.2 Å². The molecule has 1 heteroatoms. The van der Waals surface area contributed by atoms with Crippen molar-refractivity contribution in [1.82, 2.24) is 0 Å². The predicted octanol–water partition coefficient (Wildman–Crippen LogP) is 8.54. The van der Waals surface area contributed by atoms with E-state index in [9.17, 15) is 5.11 Å². The first-order chi connectivity index (χ1) is 13.4. The second kappa shape index (κ2) is 11.9. The van der Waals surface area contributed by atoms with Crippen molar-refractivity contribution in [1.29, 1.82) is 0 Å². The zero-order chi connectivity index (χ0) is 20.4. The van der Waals surface area contributed by atoms with E-state index in [2.05, 4.69) is 27.7 Å². The van der Waals surface area contributed by atoms with Crippen molar-refractivity contribution in [3.05, 3.63) is 29.8 Å². The lowest BCUT2D eigenvalue weighted by Crippen LogP contribution is -2.18. The van der Waals surface area contributed by atoms with Crippen LogP contribution < -0.4 is 0 Å². The topological polar surface area (TPSA) is 20.2 Å². The van der Waals surface area contributed by atoms with Gasteiger partial charge in [-0.2, -0.15) is 0 Å². The minimum atomic E-state index is 0.367. The van der Waals surface area contributed by atoms with E-state index in [-0.39, 0.29) is 0 Å². The lowest BCUT2D eigenvalue weighted by atomic mass is 9.78. The van der Waals surface area contributed by atoms with Crippen LogP contribution in [-0.4, -0.2) is 5.11 Å². The Labute approximate surface area is 175 Å². The minimum Gasteiger partial charge on any atom is -0.508 e. The molecule has 2 unspecified atom stereocenters. The van der Waals surface area contributed by atoms with E-state index in [0.717, 1.165) is 24.2 Å². The van der Waals surface area contributed by atoms with Crippen molar-refractivity contribution in [3.63, 3.8) is 0 Å². The number of aromatic hydroxyl groups is 1. The van der Waals surface area contributed by atoms with Gasteiger partial charge in [-0.25, -0.2) is 0 Å². The third-order valence-electron chi connectivity index (χ3n) is 6.97. The Balaban J connectivity index is 0.000000233. The van der Waals surface area contributed by atoms with Gasteiger partial charge in [0, 0.05) is 0 Å². The summed E-state index contributed by atoms with van der Waals surface area (Å²) in [6, 6.07) is 7.62. The summed E-state index contributed by atoms with van der Waals surface area (Å²) in [7, 11) is 0. The molecule has 160 valence electrons. The Morgan fingerprint density at radius 2 is 1.25 bits per heavy atom. The Hall–Kier alpha value is -0.980. The van der Waals surface area contributed by atoms with Crippen molar-refractivity contribution in [2.75, 3.05) is 0 Å². The van der Waals surface area contributed by atoms with Gasteiger partial charge in [-0.05, 0) is 73.0 Å². The normalized spacial score (nSPS) is 23.1. The minimum absolute atomic E-state index is 0.367. The van der Waals surface area contributed by atoms with Crippen LogP contribution >= 0.6 is 0 Å². The Bertz CT molecular complexity index is 514. The van der Waals surface area contributed by atoms with Gasteiger partial charge >= 0.3 is 0 Å². The maximum Gasteiger partial charge on any atom is 0.115 e. The highest BCUT2D eigenvalue weighted by atomic mass is 16.3. The highest BCUT2D eigenvalue weighted by Crippen LogP contribution is 2.58. The molecule has 0 spiro atoms. The number of benzene rings is 1. The molecule has 0 bridgehead atoms. The van der Waals surface area contributed by atoms with Gasteiger partial charge in [0.2, 0.25) is 0 Å². The van der Waals surface area contributed by atoms with Gasteiger partial charge in [-0.1, -0.05) is 91.2 Å². The molecular weight excluding hydrogens is 340 g/mol. The smallest absolute Gasteiger partial charge is 0.115 e. The molecule has 2 fully saturated rings. The number of phenolic OH excluding ortho intramolecular Hbond substituents is 1. The molecule has 1 N–H and O–H groups in total. The summed E-state index contributed by atoms with van der Waals surface area (Å²) in [4.78, 5) is 0. The molecule has 1 nitrogen and oxygen atoms in total. The van der Waals surface area contributed by atoms with Gasteiger partial charge in [0.1, 0.15) is 5.75 Å². The summed E-state index contributed by atoms with van der Waals surface area (Å²) >= 11 is 0. The molecular formula is C27H46O. The molecule has 28 heavy (non-hydrogen) atoms. The zero-order valence-corrected chi connectivity index (χ0v) is 19.2. The fraction of sp³-hybridized carbons (Fsp3) is 0.778. The average molecular weight is 387 g/mol. The quantitative estimate of drug-likeness (QED) is 0.399. The number of phenols is 1. The number of unbranched alkanes of at least 4 members (excludes halogenated alkanes) is 8. The van der Waals surface area contributed by atoms with Crippen LogP contribution in [-0.2, 0) is 6.42 Å². The first kappa shape index (κ1) is 23.3. The monoisotopic (exact) mass is 386 g/mol. The number of aryl methyl sites for hydroxylation is 1. The highest BCUT2D eigenvalue weighted by Gasteiger charge is 2.48. The number of hydrogen-bond acceptors (Lipinski definition) is 1. The summed E-state index contributed by atoms with van der Waals surface area (Å²) in [5.74, 6) is 3.72. The number of fused-ring (bicyclic) bond motifs is 1. The molecule has 0 saturated heterocycles. The van der Waals surface area contributed by atoms with Crippen LogP contribution in [0.2, 0.25) is 0 Å². The molecule has 0 heterocycles. The van der Waals surface area contributed by atoms with Gasteiger partial charge in [-0.15, -0.1) is 0 Å². The molecule has 0 radical (unpaired) electrons. The van der Waals surface area contributed by atoms with Crippen LogP contribution in [0.3, 0.4) is 0 Å². The van der Waals surface area contributed by atoms with Gasteiger partial charge in [0.25, 0.3) is 0 Å². The van der Waals surface area contributed by atoms with Crippen molar-refractivity contribution in [2.45, 2.75) is 111 Å². The molecule has 2 atom stereocenters. The second-order valence-electron chi connectivity index (χ2n) is 10.5. The Kier molecular flexibility index (Phi) is 9.89. The fourth-order valence-corrected chi connectivity index (χ4v) is 4.72. The van der Waals surface area contributed by atoms with Gasteiger partial charge in [0.05, 0.1) is 0 Å². The predicted molar refractivity (Wildman–Crippen MR) is 123 cm³/mol. The molecule has 0 aromatic heterocycles. The largest absolute Gasteiger partial charge is 0.508 e. The SMILES string of the molecule is CC(C)(C)C1CC2CC2C1.CCCCCCCCCCCc1ccc(O)cc1. The van der Waals surface area contributed by atoms with Crippen LogP contribution in [0.5, 0.6) is 5.75 Å². The van der Waals surface area contributed by atoms with Gasteiger partial charge in [0.15, 0.2) is 0 Å².